The molecular weight excluding hydrogens is 232 g/mol. The predicted octanol–water partition coefficient (Wildman–Crippen LogP) is 1.91. The standard InChI is InChI=1S/C13H24N2O3/c1-5-11(16)14-10-7-6-8-15(9-10)12(17)18-13(2,3)4/h10H,5-9H2,1-4H3,(H,14,16). The molecule has 18 heavy (non-hydrogen) atoms. The molecule has 0 aromatic carbocycles. The lowest BCUT2D eigenvalue weighted by atomic mass is 10.1. The van der Waals surface area contributed by atoms with Gasteiger partial charge in [0.1, 0.15) is 5.60 Å². The van der Waals surface area contributed by atoms with Crippen LogP contribution in [0.2, 0.25) is 0 Å². The highest BCUT2D eigenvalue weighted by molar-refractivity contribution is 5.76. The maximum Gasteiger partial charge on any atom is 0.410 e. The van der Waals surface area contributed by atoms with Gasteiger partial charge in [-0.05, 0) is 33.6 Å². The summed E-state index contributed by atoms with van der Waals surface area (Å²) in [5, 5.41) is 2.93. The third-order valence-electron chi connectivity index (χ3n) is 2.76. The smallest absolute Gasteiger partial charge is 0.410 e. The van der Waals surface area contributed by atoms with Crippen LogP contribution in [0.3, 0.4) is 0 Å². The van der Waals surface area contributed by atoms with E-state index in [1.807, 2.05) is 27.7 Å². The Balaban J connectivity index is 2.48. The van der Waals surface area contributed by atoms with Gasteiger partial charge in [-0.15, -0.1) is 0 Å². The number of nitrogens with one attached hydrogen (secondary N) is 1. The summed E-state index contributed by atoms with van der Waals surface area (Å²) in [6.07, 6.45) is 2.00. The number of carbonyl (C=O) groups is 2. The highest BCUT2D eigenvalue weighted by Gasteiger charge is 2.27. The minimum Gasteiger partial charge on any atom is -0.444 e. The van der Waals surface area contributed by atoms with E-state index in [0.717, 1.165) is 12.8 Å². The van der Waals surface area contributed by atoms with Gasteiger partial charge in [0.2, 0.25) is 5.91 Å². The number of amides is 2. The molecule has 0 radical (unpaired) electrons. The second-order valence-corrected chi connectivity index (χ2v) is 5.69. The number of hydrogen-bond acceptors (Lipinski definition) is 3. The van der Waals surface area contributed by atoms with Gasteiger partial charge in [0.25, 0.3) is 0 Å². The summed E-state index contributed by atoms with van der Waals surface area (Å²) in [5.41, 5.74) is -0.476. The van der Waals surface area contributed by atoms with Crippen molar-refractivity contribution in [2.24, 2.45) is 0 Å². The Labute approximate surface area is 109 Å². The third-order valence-corrected chi connectivity index (χ3v) is 2.76. The average Bonchev–Trinajstić information content (AvgIpc) is 2.27. The second kappa shape index (κ2) is 6.07. The van der Waals surface area contributed by atoms with Crippen LogP contribution in [0.1, 0.15) is 47.0 Å². The van der Waals surface area contributed by atoms with Crippen LogP contribution in [-0.2, 0) is 9.53 Å². The van der Waals surface area contributed by atoms with E-state index >= 15 is 0 Å². The van der Waals surface area contributed by atoms with Crippen molar-refractivity contribution < 1.29 is 14.3 Å². The first kappa shape index (κ1) is 14.8. The van der Waals surface area contributed by atoms with Crippen LogP contribution >= 0.6 is 0 Å². The number of rotatable bonds is 2. The summed E-state index contributed by atoms with van der Waals surface area (Å²) in [7, 11) is 0. The summed E-state index contributed by atoms with van der Waals surface area (Å²) in [4.78, 5) is 24.9. The van der Waals surface area contributed by atoms with Crippen LogP contribution in [0.5, 0.6) is 0 Å². The number of piperidine rings is 1. The second-order valence-electron chi connectivity index (χ2n) is 5.69. The van der Waals surface area contributed by atoms with E-state index in [1.165, 1.54) is 0 Å². The van der Waals surface area contributed by atoms with Crippen LogP contribution in [0.4, 0.5) is 4.79 Å². The first-order valence-electron chi connectivity index (χ1n) is 6.59. The molecule has 5 heteroatoms. The molecule has 1 aliphatic rings. The average molecular weight is 256 g/mol. The quantitative estimate of drug-likeness (QED) is 0.821. The monoisotopic (exact) mass is 256 g/mol. The zero-order valence-electron chi connectivity index (χ0n) is 11.8. The first-order valence-corrected chi connectivity index (χ1v) is 6.59. The molecule has 0 saturated carbocycles. The van der Waals surface area contributed by atoms with Crippen LogP contribution in [0.25, 0.3) is 0 Å². The highest BCUT2D eigenvalue weighted by Crippen LogP contribution is 2.15. The highest BCUT2D eigenvalue weighted by atomic mass is 16.6. The van der Waals surface area contributed by atoms with E-state index in [1.54, 1.807) is 4.90 Å². The fraction of sp³-hybridized carbons (Fsp3) is 0.846. The molecule has 1 aliphatic heterocycles. The molecule has 1 heterocycles. The van der Waals surface area contributed by atoms with Crippen molar-refractivity contribution in [2.45, 2.75) is 58.6 Å². The van der Waals surface area contributed by atoms with Gasteiger partial charge < -0.3 is 15.0 Å². The predicted molar refractivity (Wildman–Crippen MR) is 69.3 cm³/mol. The summed E-state index contributed by atoms with van der Waals surface area (Å²) >= 11 is 0. The van der Waals surface area contributed by atoms with Crippen LogP contribution < -0.4 is 5.32 Å². The molecule has 1 rings (SSSR count). The number of nitrogens with zero attached hydrogens (tertiary/aromatic N) is 1. The van der Waals surface area contributed by atoms with Crippen molar-refractivity contribution in [1.82, 2.24) is 10.2 Å². The lowest BCUT2D eigenvalue weighted by molar-refractivity contribution is -0.121. The fourth-order valence-electron chi connectivity index (χ4n) is 1.92. The fourth-order valence-corrected chi connectivity index (χ4v) is 1.92. The molecule has 5 nitrogen and oxygen atoms in total. The lowest BCUT2D eigenvalue weighted by Crippen LogP contribution is -2.50. The maximum absolute atomic E-state index is 11.9. The van der Waals surface area contributed by atoms with E-state index < -0.39 is 5.60 Å². The number of ether oxygens (including phenoxy) is 1. The topological polar surface area (TPSA) is 58.6 Å². The van der Waals surface area contributed by atoms with Gasteiger partial charge in [0.15, 0.2) is 0 Å². The van der Waals surface area contributed by atoms with Crippen LogP contribution in [0, 0.1) is 0 Å². The van der Waals surface area contributed by atoms with Gasteiger partial charge >= 0.3 is 6.09 Å². The lowest BCUT2D eigenvalue weighted by Gasteiger charge is -2.34. The molecule has 0 bridgehead atoms. The molecule has 1 atom stereocenters. The van der Waals surface area contributed by atoms with Crippen molar-refractivity contribution in [3.63, 3.8) is 0 Å². The van der Waals surface area contributed by atoms with Gasteiger partial charge in [-0.2, -0.15) is 0 Å². The number of carbonyl (C=O) groups excluding carboxylic acids is 2. The van der Waals surface area contributed by atoms with Gasteiger partial charge in [0, 0.05) is 25.6 Å². The minimum atomic E-state index is -0.476. The molecule has 1 fully saturated rings. The molecular formula is C13H24N2O3. The Morgan fingerprint density at radius 1 is 1.39 bits per heavy atom. The number of likely N-dealkylation sites (tertiary alicyclic amines) is 1. The minimum absolute atomic E-state index is 0.0334. The van der Waals surface area contributed by atoms with Gasteiger partial charge in [-0.25, -0.2) is 4.79 Å². The Bertz CT molecular complexity index is 310. The van der Waals surface area contributed by atoms with Crippen LogP contribution in [0.15, 0.2) is 0 Å². The SMILES string of the molecule is CCC(=O)NC1CCCN(C(=O)OC(C)(C)C)C1. The maximum atomic E-state index is 11.9. The van der Waals surface area contributed by atoms with Gasteiger partial charge in [-0.3, -0.25) is 4.79 Å². The summed E-state index contributed by atoms with van der Waals surface area (Å²) in [6.45, 7) is 8.62. The Morgan fingerprint density at radius 2 is 2.06 bits per heavy atom. The summed E-state index contributed by atoms with van der Waals surface area (Å²) in [5.74, 6) is 0.0334. The molecule has 0 aromatic heterocycles. The van der Waals surface area contributed by atoms with Gasteiger partial charge in [-0.1, -0.05) is 6.92 Å². The van der Waals surface area contributed by atoms with E-state index in [0.29, 0.717) is 19.5 Å². The Morgan fingerprint density at radius 3 is 2.61 bits per heavy atom. The molecule has 0 spiro atoms. The summed E-state index contributed by atoms with van der Waals surface area (Å²) in [6, 6.07) is 0.0544. The summed E-state index contributed by atoms with van der Waals surface area (Å²) < 4.78 is 5.33. The first-order chi connectivity index (χ1) is 8.31. The normalized spacial score (nSPS) is 20.4. The molecule has 0 aliphatic carbocycles. The molecule has 104 valence electrons. The van der Waals surface area contributed by atoms with Crippen molar-refractivity contribution in [2.75, 3.05) is 13.1 Å². The Hall–Kier alpha value is -1.26. The molecule has 1 saturated heterocycles. The van der Waals surface area contributed by atoms with E-state index in [4.69, 9.17) is 4.74 Å². The van der Waals surface area contributed by atoms with E-state index in [9.17, 15) is 9.59 Å². The molecule has 0 aromatic rings. The van der Waals surface area contributed by atoms with Crippen molar-refractivity contribution >= 4 is 12.0 Å². The number of hydrogen-bond donors (Lipinski definition) is 1. The molecule has 2 amide bonds. The van der Waals surface area contributed by atoms with Gasteiger partial charge in [0.05, 0.1) is 0 Å². The molecule has 1 N–H and O–H groups in total. The zero-order chi connectivity index (χ0) is 13.8. The molecule has 1 unspecified atom stereocenters. The van der Waals surface area contributed by atoms with E-state index in [2.05, 4.69) is 5.32 Å². The Kier molecular flexibility index (Phi) is 4.99. The zero-order valence-corrected chi connectivity index (χ0v) is 11.8. The largest absolute Gasteiger partial charge is 0.444 e. The van der Waals surface area contributed by atoms with Crippen molar-refractivity contribution in [3.8, 4) is 0 Å². The van der Waals surface area contributed by atoms with Crippen molar-refractivity contribution in [1.29, 1.82) is 0 Å². The van der Waals surface area contributed by atoms with E-state index in [-0.39, 0.29) is 18.0 Å². The third kappa shape index (κ3) is 4.94. The van der Waals surface area contributed by atoms with Crippen LogP contribution in [-0.4, -0.2) is 41.6 Å². The van der Waals surface area contributed by atoms with Crippen molar-refractivity contribution in [3.05, 3.63) is 0 Å².